The van der Waals surface area contributed by atoms with Gasteiger partial charge < -0.3 is 14.4 Å². The molecule has 0 bridgehead atoms. The molecular formula is C17H14FNO4S. The number of hydrogen-bond acceptors (Lipinski definition) is 5. The standard InChI is InChI=1S/C17H14FNO4S/c1-3-23-17(22)13-14(20)12-11(9-4-6-10(18)7-5-9)8-24-16(12)19(2)15(13)21/h4-8,20H,3H2,1-2H3. The molecule has 1 N–H and O–H groups in total. The van der Waals surface area contributed by atoms with Crippen molar-refractivity contribution in [2.75, 3.05) is 6.61 Å². The van der Waals surface area contributed by atoms with Crippen LogP contribution in [-0.2, 0) is 11.8 Å². The molecule has 0 saturated carbocycles. The first-order chi connectivity index (χ1) is 11.5. The van der Waals surface area contributed by atoms with E-state index in [2.05, 4.69) is 0 Å². The van der Waals surface area contributed by atoms with E-state index in [4.69, 9.17) is 4.74 Å². The van der Waals surface area contributed by atoms with E-state index in [9.17, 15) is 19.1 Å². The summed E-state index contributed by atoms with van der Waals surface area (Å²) in [6, 6.07) is 5.77. The molecule has 0 radical (unpaired) electrons. The number of pyridine rings is 1. The van der Waals surface area contributed by atoms with Crippen LogP contribution < -0.4 is 5.56 Å². The Morgan fingerprint density at radius 2 is 2.00 bits per heavy atom. The number of fused-ring (bicyclic) bond motifs is 1. The SMILES string of the molecule is CCOC(=O)c1c(O)c2c(-c3ccc(F)cc3)csc2n(C)c1=O. The number of nitrogens with zero attached hydrogens (tertiary/aromatic N) is 1. The lowest BCUT2D eigenvalue weighted by Gasteiger charge is -2.10. The van der Waals surface area contributed by atoms with Crippen molar-refractivity contribution in [3.63, 3.8) is 0 Å². The lowest BCUT2D eigenvalue weighted by atomic mass is 10.0. The van der Waals surface area contributed by atoms with E-state index in [0.717, 1.165) is 0 Å². The molecule has 3 rings (SSSR count). The second-order valence-electron chi connectivity index (χ2n) is 5.14. The number of halogens is 1. The van der Waals surface area contributed by atoms with E-state index in [1.807, 2.05) is 0 Å². The van der Waals surface area contributed by atoms with Gasteiger partial charge in [-0.3, -0.25) is 4.79 Å². The second kappa shape index (κ2) is 6.09. The van der Waals surface area contributed by atoms with Gasteiger partial charge in [0.1, 0.15) is 16.4 Å². The van der Waals surface area contributed by atoms with E-state index in [-0.39, 0.29) is 12.4 Å². The zero-order valence-electron chi connectivity index (χ0n) is 13.0. The number of aryl methyl sites for hydroxylation is 1. The van der Waals surface area contributed by atoms with Gasteiger partial charge in [-0.1, -0.05) is 12.1 Å². The van der Waals surface area contributed by atoms with Crippen LogP contribution in [0.4, 0.5) is 4.39 Å². The number of esters is 1. The third-order valence-corrected chi connectivity index (χ3v) is 4.76. The van der Waals surface area contributed by atoms with Crippen molar-refractivity contribution >= 4 is 27.5 Å². The molecule has 0 aliphatic rings. The van der Waals surface area contributed by atoms with E-state index in [1.54, 1.807) is 24.4 Å². The van der Waals surface area contributed by atoms with Crippen LogP contribution in [0, 0.1) is 5.82 Å². The predicted octanol–water partition coefficient (Wildman–Crippen LogP) is 3.29. The molecule has 0 atom stereocenters. The van der Waals surface area contributed by atoms with Crippen molar-refractivity contribution in [2.24, 2.45) is 7.05 Å². The van der Waals surface area contributed by atoms with Gasteiger partial charge in [0.15, 0.2) is 5.56 Å². The normalized spacial score (nSPS) is 11.0. The Morgan fingerprint density at radius 3 is 2.62 bits per heavy atom. The highest BCUT2D eigenvalue weighted by atomic mass is 32.1. The van der Waals surface area contributed by atoms with Gasteiger partial charge in [0.05, 0.1) is 12.0 Å². The van der Waals surface area contributed by atoms with Gasteiger partial charge >= 0.3 is 5.97 Å². The number of aromatic nitrogens is 1. The Bertz CT molecular complexity index is 988. The minimum Gasteiger partial charge on any atom is -0.506 e. The van der Waals surface area contributed by atoms with Crippen LogP contribution in [0.5, 0.6) is 5.75 Å². The summed E-state index contributed by atoms with van der Waals surface area (Å²) < 4.78 is 19.3. The Hall–Kier alpha value is -2.67. The van der Waals surface area contributed by atoms with Gasteiger partial charge in [-0.05, 0) is 24.6 Å². The summed E-state index contributed by atoms with van der Waals surface area (Å²) >= 11 is 1.26. The maximum atomic E-state index is 13.1. The number of aromatic hydroxyl groups is 1. The first-order valence-corrected chi connectivity index (χ1v) is 8.09. The quantitative estimate of drug-likeness (QED) is 0.738. The largest absolute Gasteiger partial charge is 0.506 e. The molecule has 0 fully saturated rings. The highest BCUT2D eigenvalue weighted by molar-refractivity contribution is 7.17. The number of hydrogen-bond donors (Lipinski definition) is 1. The maximum Gasteiger partial charge on any atom is 0.347 e. The van der Waals surface area contributed by atoms with Crippen molar-refractivity contribution in [2.45, 2.75) is 6.92 Å². The molecule has 0 aliphatic carbocycles. The molecule has 7 heteroatoms. The second-order valence-corrected chi connectivity index (χ2v) is 6.00. The molecule has 1 aromatic carbocycles. The summed E-state index contributed by atoms with van der Waals surface area (Å²) in [5.41, 5.74) is 0.277. The van der Waals surface area contributed by atoms with Crippen LogP contribution in [0.3, 0.4) is 0 Å². The monoisotopic (exact) mass is 347 g/mol. The van der Waals surface area contributed by atoms with Crippen molar-refractivity contribution < 1.29 is 19.0 Å². The average molecular weight is 347 g/mol. The maximum absolute atomic E-state index is 13.1. The van der Waals surface area contributed by atoms with Crippen LogP contribution in [0.15, 0.2) is 34.4 Å². The van der Waals surface area contributed by atoms with Crippen molar-refractivity contribution in [1.82, 2.24) is 4.57 Å². The van der Waals surface area contributed by atoms with E-state index in [1.165, 1.54) is 35.1 Å². The molecule has 0 saturated heterocycles. The highest BCUT2D eigenvalue weighted by Gasteiger charge is 2.25. The lowest BCUT2D eigenvalue weighted by molar-refractivity contribution is 0.0520. The summed E-state index contributed by atoms with van der Waals surface area (Å²) in [7, 11) is 1.53. The van der Waals surface area contributed by atoms with Crippen molar-refractivity contribution in [3.05, 3.63) is 51.4 Å². The number of thiophene rings is 1. The molecule has 124 valence electrons. The Balaban J connectivity index is 2.33. The molecular weight excluding hydrogens is 333 g/mol. The number of ether oxygens (including phenoxy) is 1. The molecule has 5 nitrogen and oxygen atoms in total. The van der Waals surface area contributed by atoms with Crippen molar-refractivity contribution in [3.8, 4) is 16.9 Å². The van der Waals surface area contributed by atoms with E-state index in [0.29, 0.717) is 21.3 Å². The first kappa shape index (κ1) is 16.2. The number of carbonyl (C=O) groups excluding carboxylic acids is 1. The molecule has 24 heavy (non-hydrogen) atoms. The summed E-state index contributed by atoms with van der Waals surface area (Å²) in [4.78, 5) is 24.9. The third-order valence-electron chi connectivity index (χ3n) is 3.70. The molecule has 0 unspecified atom stereocenters. The topological polar surface area (TPSA) is 68.5 Å². The number of carbonyl (C=O) groups is 1. The minimum atomic E-state index is -0.867. The van der Waals surface area contributed by atoms with Crippen LogP contribution in [0.1, 0.15) is 17.3 Å². The minimum absolute atomic E-state index is 0.0912. The van der Waals surface area contributed by atoms with Gasteiger partial charge in [0, 0.05) is 18.0 Å². The fourth-order valence-electron chi connectivity index (χ4n) is 2.54. The first-order valence-electron chi connectivity index (χ1n) is 7.22. The number of rotatable bonds is 3. The Labute approximate surface area is 140 Å². The summed E-state index contributed by atoms with van der Waals surface area (Å²) in [6.45, 7) is 1.71. The molecule has 3 aromatic rings. The third kappa shape index (κ3) is 2.46. The van der Waals surface area contributed by atoms with E-state index >= 15 is 0 Å². The zero-order valence-corrected chi connectivity index (χ0v) is 13.8. The molecule has 0 spiro atoms. The molecule has 0 amide bonds. The van der Waals surface area contributed by atoms with Crippen molar-refractivity contribution in [1.29, 1.82) is 0 Å². The molecule has 2 aromatic heterocycles. The highest BCUT2D eigenvalue weighted by Crippen LogP contribution is 2.39. The smallest absolute Gasteiger partial charge is 0.347 e. The Morgan fingerprint density at radius 1 is 1.33 bits per heavy atom. The fourth-order valence-corrected chi connectivity index (χ4v) is 3.59. The fraction of sp³-hybridized carbons (Fsp3) is 0.176. The van der Waals surface area contributed by atoms with Gasteiger partial charge in [0.2, 0.25) is 0 Å². The van der Waals surface area contributed by atoms with Gasteiger partial charge in [-0.2, -0.15) is 0 Å². The Kier molecular flexibility index (Phi) is 4.11. The van der Waals surface area contributed by atoms with Gasteiger partial charge in [-0.25, -0.2) is 9.18 Å². The van der Waals surface area contributed by atoms with Crippen LogP contribution in [-0.4, -0.2) is 22.2 Å². The average Bonchev–Trinajstić information content (AvgIpc) is 2.99. The zero-order chi connectivity index (χ0) is 17.4. The number of benzene rings is 1. The van der Waals surface area contributed by atoms with E-state index < -0.39 is 22.8 Å². The molecule has 2 heterocycles. The summed E-state index contributed by atoms with van der Waals surface area (Å²) in [6.07, 6.45) is 0. The van der Waals surface area contributed by atoms with Crippen LogP contribution >= 0.6 is 11.3 Å². The lowest BCUT2D eigenvalue weighted by Crippen LogP contribution is -2.25. The predicted molar refractivity (Wildman–Crippen MR) is 90.1 cm³/mol. The summed E-state index contributed by atoms with van der Waals surface area (Å²) in [5, 5.41) is 12.7. The molecule has 0 aliphatic heterocycles. The summed E-state index contributed by atoms with van der Waals surface area (Å²) in [5.74, 6) is -1.65. The van der Waals surface area contributed by atoms with Gasteiger partial charge in [0.25, 0.3) is 5.56 Å². The van der Waals surface area contributed by atoms with Crippen LogP contribution in [0.25, 0.3) is 21.3 Å². The van der Waals surface area contributed by atoms with Gasteiger partial charge in [-0.15, -0.1) is 11.3 Å². The van der Waals surface area contributed by atoms with Crippen LogP contribution in [0.2, 0.25) is 0 Å².